The number of H-pyrrole nitrogens is 1. The number of ether oxygens (including phenoxy) is 1. The molecule has 4 aromatic rings. The number of aryl methyl sites for hydroxylation is 1. The van der Waals surface area contributed by atoms with Crippen LogP contribution in [0.5, 0.6) is 5.75 Å². The van der Waals surface area contributed by atoms with Gasteiger partial charge in [-0.25, -0.2) is 14.8 Å². The standard InChI is InChI=1S/C18H17ClN6O3/c1-9(8-26)22-18(27)28-14-7-21-17-16(14)23-12(6-20-17)15-11-4-3-10(19)5-13(11)25(2)24-15/h3-7,9,26H,8H2,1-2H3,(H,20,21)(H,22,27)/t9-/m1/s1. The molecule has 0 aliphatic heterocycles. The maximum absolute atomic E-state index is 12.0. The Morgan fingerprint density at radius 1 is 1.46 bits per heavy atom. The molecule has 144 valence electrons. The fraction of sp³-hybridized carbons (Fsp3) is 0.222. The van der Waals surface area contributed by atoms with Crippen molar-refractivity contribution < 1.29 is 14.6 Å². The van der Waals surface area contributed by atoms with Crippen LogP contribution in [-0.2, 0) is 7.05 Å². The van der Waals surface area contributed by atoms with Gasteiger partial charge in [-0.1, -0.05) is 11.6 Å². The predicted molar refractivity (Wildman–Crippen MR) is 104 cm³/mol. The summed E-state index contributed by atoms with van der Waals surface area (Å²) in [6.07, 6.45) is 2.42. The minimum atomic E-state index is -0.687. The molecule has 0 bridgehead atoms. The van der Waals surface area contributed by atoms with E-state index in [0.29, 0.717) is 27.6 Å². The first-order chi connectivity index (χ1) is 13.5. The number of amides is 1. The fourth-order valence-corrected chi connectivity index (χ4v) is 3.02. The van der Waals surface area contributed by atoms with Crippen molar-refractivity contribution in [1.82, 2.24) is 30.0 Å². The summed E-state index contributed by atoms with van der Waals surface area (Å²) in [4.78, 5) is 23.8. The van der Waals surface area contributed by atoms with Crippen LogP contribution in [0.2, 0.25) is 5.02 Å². The molecule has 0 saturated carbocycles. The van der Waals surface area contributed by atoms with Gasteiger partial charge in [0.15, 0.2) is 16.9 Å². The molecule has 1 aromatic carbocycles. The molecule has 1 atom stereocenters. The molecule has 1 amide bonds. The molecule has 3 N–H and O–H groups in total. The van der Waals surface area contributed by atoms with Crippen molar-refractivity contribution in [2.24, 2.45) is 7.05 Å². The average Bonchev–Trinajstić information content (AvgIpc) is 3.22. The second-order valence-electron chi connectivity index (χ2n) is 6.36. The number of fused-ring (bicyclic) bond motifs is 2. The number of aromatic amines is 1. The summed E-state index contributed by atoms with van der Waals surface area (Å²) in [7, 11) is 1.83. The van der Waals surface area contributed by atoms with E-state index in [1.165, 1.54) is 6.20 Å². The summed E-state index contributed by atoms with van der Waals surface area (Å²) >= 11 is 6.08. The number of nitrogens with one attached hydrogen (secondary N) is 2. The number of rotatable bonds is 4. The molecule has 0 spiro atoms. The molecule has 0 saturated heterocycles. The van der Waals surface area contributed by atoms with E-state index < -0.39 is 12.1 Å². The van der Waals surface area contributed by atoms with Gasteiger partial charge in [0.05, 0.1) is 24.4 Å². The Labute approximate surface area is 164 Å². The fourth-order valence-electron chi connectivity index (χ4n) is 2.86. The van der Waals surface area contributed by atoms with Crippen molar-refractivity contribution in [1.29, 1.82) is 0 Å². The number of hydrogen-bond donors (Lipinski definition) is 3. The van der Waals surface area contributed by atoms with Crippen molar-refractivity contribution in [3.05, 3.63) is 35.6 Å². The zero-order chi connectivity index (χ0) is 19.8. The van der Waals surface area contributed by atoms with Gasteiger partial charge in [-0.2, -0.15) is 5.10 Å². The second kappa shape index (κ2) is 7.10. The summed E-state index contributed by atoms with van der Waals surface area (Å²) in [5.41, 5.74) is 2.93. The van der Waals surface area contributed by atoms with Crippen LogP contribution in [-0.4, -0.2) is 48.6 Å². The van der Waals surface area contributed by atoms with Crippen molar-refractivity contribution in [2.45, 2.75) is 13.0 Å². The third kappa shape index (κ3) is 3.25. The number of carbonyl (C=O) groups is 1. The lowest BCUT2D eigenvalue weighted by Gasteiger charge is -2.10. The SMILES string of the molecule is C[C@H](CO)NC(=O)Oc1c[nH]c2ncc(-c3nn(C)c4cc(Cl)ccc34)nc12. The van der Waals surface area contributed by atoms with E-state index in [2.05, 4.69) is 25.4 Å². The summed E-state index contributed by atoms with van der Waals surface area (Å²) in [6, 6.07) is 5.07. The topological polar surface area (TPSA) is 118 Å². The maximum Gasteiger partial charge on any atom is 0.413 e. The van der Waals surface area contributed by atoms with Gasteiger partial charge in [0, 0.05) is 23.7 Å². The summed E-state index contributed by atoms with van der Waals surface area (Å²) in [5, 5.41) is 17.6. The highest BCUT2D eigenvalue weighted by atomic mass is 35.5. The van der Waals surface area contributed by atoms with Crippen molar-refractivity contribution >= 4 is 39.8 Å². The summed E-state index contributed by atoms with van der Waals surface area (Å²) in [6.45, 7) is 1.47. The normalized spacial score (nSPS) is 12.4. The van der Waals surface area contributed by atoms with Gasteiger partial charge in [0.25, 0.3) is 0 Å². The number of hydrogen-bond acceptors (Lipinski definition) is 6. The van der Waals surface area contributed by atoms with Crippen LogP contribution in [0.4, 0.5) is 4.79 Å². The lowest BCUT2D eigenvalue weighted by molar-refractivity contribution is 0.186. The zero-order valence-corrected chi connectivity index (χ0v) is 15.9. The first-order valence-electron chi connectivity index (χ1n) is 8.52. The molecular formula is C18H17ClN6O3. The van der Waals surface area contributed by atoms with Gasteiger partial charge in [-0.05, 0) is 25.1 Å². The molecule has 3 aromatic heterocycles. The van der Waals surface area contributed by atoms with Crippen LogP contribution in [0.25, 0.3) is 33.5 Å². The molecule has 10 heteroatoms. The largest absolute Gasteiger partial charge is 0.413 e. The summed E-state index contributed by atoms with van der Waals surface area (Å²) < 4.78 is 7.02. The van der Waals surface area contributed by atoms with Gasteiger partial charge in [0.1, 0.15) is 11.4 Å². The highest BCUT2D eigenvalue weighted by Crippen LogP contribution is 2.30. The highest BCUT2D eigenvalue weighted by molar-refractivity contribution is 6.31. The number of nitrogens with zero attached hydrogens (tertiary/aromatic N) is 4. The Balaban J connectivity index is 1.73. The molecule has 0 fully saturated rings. The summed E-state index contributed by atoms with van der Waals surface area (Å²) in [5.74, 6) is 0.232. The minimum Gasteiger partial charge on any atom is -0.406 e. The third-order valence-corrected chi connectivity index (χ3v) is 4.48. The lowest BCUT2D eigenvalue weighted by Crippen LogP contribution is -2.36. The average molecular weight is 401 g/mol. The molecule has 3 heterocycles. The van der Waals surface area contributed by atoms with Crippen LogP contribution >= 0.6 is 11.6 Å². The maximum atomic E-state index is 12.0. The van der Waals surface area contributed by atoms with Crippen LogP contribution in [0.3, 0.4) is 0 Å². The number of aliphatic hydroxyl groups excluding tert-OH is 1. The lowest BCUT2D eigenvalue weighted by atomic mass is 10.2. The van der Waals surface area contributed by atoms with Crippen LogP contribution < -0.4 is 10.1 Å². The number of carbonyl (C=O) groups excluding carboxylic acids is 1. The monoisotopic (exact) mass is 400 g/mol. The van der Waals surface area contributed by atoms with Gasteiger partial charge in [-0.15, -0.1) is 0 Å². The van der Waals surface area contributed by atoms with Crippen molar-refractivity contribution in [3.8, 4) is 17.1 Å². The van der Waals surface area contributed by atoms with Crippen LogP contribution in [0.1, 0.15) is 6.92 Å². The minimum absolute atomic E-state index is 0.191. The molecule has 4 rings (SSSR count). The smallest absolute Gasteiger partial charge is 0.406 e. The molecule has 9 nitrogen and oxygen atoms in total. The van der Waals surface area contributed by atoms with E-state index in [1.807, 2.05) is 19.2 Å². The van der Waals surface area contributed by atoms with Crippen molar-refractivity contribution in [2.75, 3.05) is 6.61 Å². The third-order valence-electron chi connectivity index (χ3n) is 4.24. The first-order valence-corrected chi connectivity index (χ1v) is 8.90. The van der Waals surface area contributed by atoms with Crippen molar-refractivity contribution in [3.63, 3.8) is 0 Å². The van der Waals surface area contributed by atoms with E-state index in [-0.39, 0.29) is 12.4 Å². The van der Waals surface area contributed by atoms with E-state index in [1.54, 1.807) is 23.9 Å². The van der Waals surface area contributed by atoms with Gasteiger partial charge >= 0.3 is 6.09 Å². The quantitative estimate of drug-likeness (QED) is 0.484. The number of benzene rings is 1. The van der Waals surface area contributed by atoms with Gasteiger partial charge < -0.3 is 20.1 Å². The van der Waals surface area contributed by atoms with Crippen LogP contribution in [0.15, 0.2) is 30.6 Å². The number of aromatic nitrogens is 5. The second-order valence-corrected chi connectivity index (χ2v) is 6.79. The Kier molecular flexibility index (Phi) is 4.62. The molecule has 0 aliphatic rings. The molecule has 0 aliphatic carbocycles. The predicted octanol–water partition coefficient (Wildman–Crippen LogP) is 2.63. The number of halogens is 1. The Morgan fingerprint density at radius 2 is 2.29 bits per heavy atom. The molecule has 28 heavy (non-hydrogen) atoms. The zero-order valence-electron chi connectivity index (χ0n) is 15.1. The Bertz CT molecular complexity index is 1180. The Morgan fingerprint density at radius 3 is 3.07 bits per heavy atom. The number of aliphatic hydroxyl groups is 1. The van der Waals surface area contributed by atoms with Gasteiger partial charge in [-0.3, -0.25) is 4.68 Å². The highest BCUT2D eigenvalue weighted by Gasteiger charge is 2.17. The Hall–Kier alpha value is -3.17. The molecule has 0 radical (unpaired) electrons. The van der Waals surface area contributed by atoms with E-state index in [4.69, 9.17) is 21.4 Å². The van der Waals surface area contributed by atoms with Gasteiger partial charge in [0.2, 0.25) is 0 Å². The van der Waals surface area contributed by atoms with E-state index >= 15 is 0 Å². The first kappa shape index (κ1) is 18.2. The molecular weight excluding hydrogens is 384 g/mol. The van der Waals surface area contributed by atoms with E-state index in [0.717, 1.165) is 10.9 Å². The van der Waals surface area contributed by atoms with Crippen LogP contribution in [0, 0.1) is 0 Å². The van der Waals surface area contributed by atoms with E-state index in [9.17, 15) is 4.79 Å². The molecule has 0 unspecified atom stereocenters.